The van der Waals surface area contributed by atoms with Crippen LogP contribution in [0, 0.1) is 19.7 Å². The zero-order chi connectivity index (χ0) is 19.3. The second-order valence-corrected chi connectivity index (χ2v) is 6.39. The lowest BCUT2D eigenvalue weighted by atomic mass is 10.1. The molecular formula is C20H24FN3O2. The molecule has 0 heterocycles. The first-order valence-electron chi connectivity index (χ1n) is 8.40. The van der Waals surface area contributed by atoms with Crippen molar-refractivity contribution in [3.8, 4) is 0 Å². The summed E-state index contributed by atoms with van der Waals surface area (Å²) in [6.07, 6.45) is 0. The molecule has 0 aliphatic rings. The van der Waals surface area contributed by atoms with E-state index in [-0.39, 0.29) is 18.4 Å². The molecule has 0 saturated carbocycles. The van der Waals surface area contributed by atoms with Gasteiger partial charge in [0.1, 0.15) is 5.82 Å². The number of rotatable bonds is 6. The van der Waals surface area contributed by atoms with E-state index in [0.29, 0.717) is 5.69 Å². The van der Waals surface area contributed by atoms with E-state index in [2.05, 4.69) is 10.6 Å². The van der Waals surface area contributed by atoms with Crippen molar-refractivity contribution in [2.24, 2.45) is 0 Å². The van der Waals surface area contributed by atoms with Gasteiger partial charge in [0.15, 0.2) is 0 Å². The lowest BCUT2D eigenvalue weighted by Crippen LogP contribution is -2.43. The number of aryl methyl sites for hydroxylation is 1. The fraction of sp³-hybridized carbons (Fsp3) is 0.300. The largest absolute Gasteiger partial charge is 0.325 e. The molecule has 0 aromatic heterocycles. The Bertz CT molecular complexity index is 807. The van der Waals surface area contributed by atoms with E-state index in [1.54, 1.807) is 24.9 Å². The average Bonchev–Trinajstić information content (AvgIpc) is 2.58. The van der Waals surface area contributed by atoms with Gasteiger partial charge < -0.3 is 10.6 Å². The van der Waals surface area contributed by atoms with Gasteiger partial charge in [-0.25, -0.2) is 4.39 Å². The minimum atomic E-state index is -0.553. The van der Waals surface area contributed by atoms with E-state index in [9.17, 15) is 14.0 Å². The number of hydrogen-bond donors (Lipinski definition) is 2. The van der Waals surface area contributed by atoms with E-state index < -0.39 is 11.9 Å². The number of hydrogen-bond acceptors (Lipinski definition) is 3. The van der Waals surface area contributed by atoms with Gasteiger partial charge in [-0.05, 0) is 63.2 Å². The summed E-state index contributed by atoms with van der Waals surface area (Å²) in [5, 5.41) is 5.52. The molecule has 0 aliphatic heterocycles. The van der Waals surface area contributed by atoms with Crippen LogP contribution in [-0.4, -0.2) is 36.3 Å². The Balaban J connectivity index is 1.93. The van der Waals surface area contributed by atoms with Crippen molar-refractivity contribution in [2.45, 2.75) is 26.8 Å². The lowest BCUT2D eigenvalue weighted by molar-refractivity contribution is -0.122. The van der Waals surface area contributed by atoms with Crippen LogP contribution in [0.3, 0.4) is 0 Å². The summed E-state index contributed by atoms with van der Waals surface area (Å²) in [6, 6.07) is 10.9. The third-order valence-electron chi connectivity index (χ3n) is 4.40. The van der Waals surface area contributed by atoms with Gasteiger partial charge in [0, 0.05) is 11.4 Å². The molecule has 2 amide bonds. The smallest absolute Gasteiger partial charge is 0.241 e. The summed E-state index contributed by atoms with van der Waals surface area (Å²) >= 11 is 0. The van der Waals surface area contributed by atoms with Gasteiger partial charge in [-0.2, -0.15) is 0 Å². The Kier molecular flexibility index (Phi) is 6.46. The van der Waals surface area contributed by atoms with Crippen LogP contribution in [0.5, 0.6) is 0 Å². The Hall–Kier alpha value is -2.73. The Labute approximate surface area is 153 Å². The number of likely N-dealkylation sites (N-methyl/N-ethyl adjacent to an activating group) is 1. The van der Waals surface area contributed by atoms with Crippen LogP contribution < -0.4 is 10.6 Å². The number of carbonyl (C=O) groups is 2. The average molecular weight is 357 g/mol. The van der Waals surface area contributed by atoms with Crippen LogP contribution in [0.15, 0.2) is 42.5 Å². The predicted molar refractivity (Wildman–Crippen MR) is 102 cm³/mol. The highest BCUT2D eigenvalue weighted by atomic mass is 19.1. The van der Waals surface area contributed by atoms with Gasteiger partial charge in [-0.1, -0.05) is 18.2 Å². The molecule has 0 fully saturated rings. The van der Waals surface area contributed by atoms with Gasteiger partial charge >= 0.3 is 0 Å². The van der Waals surface area contributed by atoms with Gasteiger partial charge in [-0.3, -0.25) is 14.5 Å². The first-order valence-corrected chi connectivity index (χ1v) is 8.40. The maximum absolute atomic E-state index is 13.2. The molecule has 1 atom stereocenters. The summed E-state index contributed by atoms with van der Waals surface area (Å²) in [7, 11) is 1.69. The molecule has 0 aliphatic carbocycles. The molecule has 0 spiro atoms. The minimum Gasteiger partial charge on any atom is -0.325 e. The number of nitrogens with zero attached hydrogens (tertiary/aromatic N) is 1. The lowest BCUT2D eigenvalue weighted by Gasteiger charge is -2.23. The first kappa shape index (κ1) is 19.6. The number of anilines is 2. The van der Waals surface area contributed by atoms with Crippen LogP contribution in [0.4, 0.5) is 15.8 Å². The minimum absolute atomic E-state index is 0.0606. The summed E-state index contributed by atoms with van der Waals surface area (Å²) in [4.78, 5) is 26.2. The number of halogens is 1. The molecular weight excluding hydrogens is 333 g/mol. The zero-order valence-electron chi connectivity index (χ0n) is 15.5. The summed E-state index contributed by atoms with van der Waals surface area (Å²) < 4.78 is 13.2. The van der Waals surface area contributed by atoms with Crippen molar-refractivity contribution < 1.29 is 14.0 Å². The molecule has 2 aromatic rings. The predicted octanol–water partition coefficient (Wildman–Crippen LogP) is 3.34. The van der Waals surface area contributed by atoms with Crippen LogP contribution in [0.2, 0.25) is 0 Å². The molecule has 2 N–H and O–H groups in total. The molecule has 6 heteroatoms. The van der Waals surface area contributed by atoms with Crippen molar-refractivity contribution in [3.63, 3.8) is 0 Å². The van der Waals surface area contributed by atoms with Crippen LogP contribution in [0.1, 0.15) is 18.1 Å². The highest BCUT2D eigenvalue weighted by molar-refractivity contribution is 5.96. The van der Waals surface area contributed by atoms with Crippen LogP contribution in [-0.2, 0) is 9.59 Å². The summed E-state index contributed by atoms with van der Waals surface area (Å²) in [6.45, 7) is 5.69. The van der Waals surface area contributed by atoms with Gasteiger partial charge in [0.2, 0.25) is 11.8 Å². The Morgan fingerprint density at radius 2 is 1.81 bits per heavy atom. The molecule has 5 nitrogen and oxygen atoms in total. The topological polar surface area (TPSA) is 61.4 Å². The molecule has 0 saturated heterocycles. The first-order chi connectivity index (χ1) is 12.3. The maximum atomic E-state index is 13.2. The molecule has 2 rings (SSSR count). The van der Waals surface area contributed by atoms with Crippen LogP contribution in [0.25, 0.3) is 0 Å². The second-order valence-electron chi connectivity index (χ2n) is 6.39. The summed E-state index contributed by atoms with van der Waals surface area (Å²) in [5.74, 6) is -0.930. The molecule has 1 unspecified atom stereocenters. The number of benzene rings is 2. The normalized spacial score (nSPS) is 11.9. The molecule has 0 radical (unpaired) electrons. The monoisotopic (exact) mass is 357 g/mol. The maximum Gasteiger partial charge on any atom is 0.241 e. The molecule has 138 valence electrons. The fourth-order valence-corrected chi connectivity index (χ4v) is 2.45. The van der Waals surface area contributed by atoms with Gasteiger partial charge in [0.05, 0.1) is 12.6 Å². The number of nitrogens with one attached hydrogen (secondary N) is 2. The van der Waals surface area contributed by atoms with E-state index in [0.717, 1.165) is 16.8 Å². The fourth-order valence-electron chi connectivity index (χ4n) is 2.45. The van der Waals surface area contributed by atoms with Crippen molar-refractivity contribution in [1.82, 2.24) is 4.90 Å². The third kappa shape index (κ3) is 5.13. The Morgan fingerprint density at radius 3 is 2.50 bits per heavy atom. The van der Waals surface area contributed by atoms with E-state index in [4.69, 9.17) is 0 Å². The Morgan fingerprint density at radius 1 is 1.12 bits per heavy atom. The number of amides is 2. The van der Waals surface area contributed by atoms with Crippen molar-refractivity contribution in [3.05, 3.63) is 59.4 Å². The number of carbonyl (C=O) groups excluding carboxylic acids is 2. The van der Waals surface area contributed by atoms with Crippen LogP contribution >= 0.6 is 0 Å². The molecule has 0 bridgehead atoms. The SMILES string of the molecule is Cc1cccc(NC(=O)CN(C)C(C)C(=O)Nc2cccc(F)c2)c1C. The van der Waals surface area contributed by atoms with E-state index in [1.165, 1.54) is 18.2 Å². The van der Waals surface area contributed by atoms with Crippen molar-refractivity contribution in [1.29, 1.82) is 0 Å². The van der Waals surface area contributed by atoms with Gasteiger partial charge in [-0.15, -0.1) is 0 Å². The second kappa shape index (κ2) is 8.58. The quantitative estimate of drug-likeness (QED) is 0.834. The van der Waals surface area contributed by atoms with E-state index >= 15 is 0 Å². The van der Waals surface area contributed by atoms with Crippen molar-refractivity contribution in [2.75, 3.05) is 24.2 Å². The molecule has 26 heavy (non-hydrogen) atoms. The van der Waals surface area contributed by atoms with Gasteiger partial charge in [0.25, 0.3) is 0 Å². The highest BCUT2D eigenvalue weighted by Gasteiger charge is 2.20. The zero-order valence-corrected chi connectivity index (χ0v) is 15.5. The molecule has 2 aromatic carbocycles. The summed E-state index contributed by atoms with van der Waals surface area (Å²) in [5.41, 5.74) is 3.26. The standard InChI is InChI=1S/C20H24FN3O2/c1-13-7-5-10-18(14(13)2)23-19(25)12-24(4)15(3)20(26)22-17-9-6-8-16(21)11-17/h5-11,15H,12H2,1-4H3,(H,22,26)(H,23,25). The highest BCUT2D eigenvalue weighted by Crippen LogP contribution is 2.18. The van der Waals surface area contributed by atoms with Crippen molar-refractivity contribution >= 4 is 23.2 Å². The van der Waals surface area contributed by atoms with E-state index in [1.807, 2.05) is 32.0 Å². The third-order valence-corrected chi connectivity index (χ3v) is 4.40.